The highest BCUT2D eigenvalue weighted by Crippen LogP contribution is 2.70. The van der Waals surface area contributed by atoms with Crippen LogP contribution in [0.5, 0.6) is 0 Å². The SMILES string of the molecule is CCC1CCCC(C(NN)C2C(C)(C)C2(C)C)C1. The molecule has 0 amide bonds. The molecule has 2 rings (SSSR count). The monoisotopic (exact) mass is 252 g/mol. The van der Waals surface area contributed by atoms with Crippen LogP contribution < -0.4 is 11.3 Å². The number of nitrogens with two attached hydrogens (primary N) is 1. The van der Waals surface area contributed by atoms with Crippen LogP contribution >= 0.6 is 0 Å². The quantitative estimate of drug-likeness (QED) is 0.591. The van der Waals surface area contributed by atoms with Crippen LogP contribution in [0.4, 0.5) is 0 Å². The summed E-state index contributed by atoms with van der Waals surface area (Å²) in [7, 11) is 0. The number of hydrazine groups is 1. The molecule has 3 unspecified atom stereocenters. The average molecular weight is 252 g/mol. The smallest absolute Gasteiger partial charge is 0.0277 e. The summed E-state index contributed by atoms with van der Waals surface area (Å²) in [5.74, 6) is 8.38. The number of hydrogen-bond donors (Lipinski definition) is 2. The van der Waals surface area contributed by atoms with Crippen molar-refractivity contribution in [2.75, 3.05) is 0 Å². The van der Waals surface area contributed by atoms with E-state index in [4.69, 9.17) is 5.84 Å². The molecule has 0 saturated heterocycles. The highest BCUT2D eigenvalue weighted by Gasteiger charge is 2.67. The molecule has 0 aromatic heterocycles. The van der Waals surface area contributed by atoms with E-state index in [9.17, 15) is 0 Å². The fraction of sp³-hybridized carbons (Fsp3) is 1.00. The van der Waals surface area contributed by atoms with Crippen molar-refractivity contribution in [2.24, 2.45) is 34.4 Å². The van der Waals surface area contributed by atoms with Crippen molar-refractivity contribution in [3.8, 4) is 0 Å². The van der Waals surface area contributed by atoms with Gasteiger partial charge in [-0.25, -0.2) is 0 Å². The molecule has 2 fully saturated rings. The first-order chi connectivity index (χ1) is 8.36. The Labute approximate surface area is 113 Å². The Morgan fingerprint density at radius 1 is 1.17 bits per heavy atom. The van der Waals surface area contributed by atoms with Gasteiger partial charge in [-0.3, -0.25) is 11.3 Å². The number of rotatable bonds is 4. The maximum absolute atomic E-state index is 5.92. The van der Waals surface area contributed by atoms with Gasteiger partial charge in [0, 0.05) is 6.04 Å². The van der Waals surface area contributed by atoms with E-state index in [1.807, 2.05) is 0 Å². The number of nitrogens with one attached hydrogen (secondary N) is 1. The van der Waals surface area contributed by atoms with Crippen LogP contribution in [-0.2, 0) is 0 Å². The Bertz CT molecular complexity index is 281. The summed E-state index contributed by atoms with van der Waals surface area (Å²) in [5.41, 5.74) is 4.06. The third-order valence-corrected chi connectivity index (χ3v) is 6.59. The van der Waals surface area contributed by atoms with Gasteiger partial charge in [-0.2, -0.15) is 0 Å². The largest absolute Gasteiger partial charge is 0.271 e. The van der Waals surface area contributed by atoms with Gasteiger partial charge < -0.3 is 0 Å². The Hall–Kier alpha value is -0.0800. The Morgan fingerprint density at radius 3 is 2.22 bits per heavy atom. The number of hydrogen-bond acceptors (Lipinski definition) is 2. The molecule has 18 heavy (non-hydrogen) atoms. The summed E-state index contributed by atoms with van der Waals surface area (Å²) in [6.07, 6.45) is 6.92. The third kappa shape index (κ3) is 2.12. The fourth-order valence-corrected chi connectivity index (χ4v) is 4.68. The second kappa shape index (κ2) is 4.79. The standard InChI is InChI=1S/C16H32N2/c1-6-11-8-7-9-12(10-11)13(18-17)14-15(2,3)16(14,4)5/h11-14,18H,6-10,17H2,1-5H3. The lowest BCUT2D eigenvalue weighted by atomic mass is 9.75. The van der Waals surface area contributed by atoms with Crippen LogP contribution in [0.3, 0.4) is 0 Å². The minimum Gasteiger partial charge on any atom is -0.271 e. The van der Waals surface area contributed by atoms with Crippen molar-refractivity contribution in [3.63, 3.8) is 0 Å². The van der Waals surface area contributed by atoms with Crippen LogP contribution in [0.2, 0.25) is 0 Å². The van der Waals surface area contributed by atoms with Gasteiger partial charge in [-0.15, -0.1) is 0 Å². The lowest BCUT2D eigenvalue weighted by Crippen LogP contribution is -2.45. The van der Waals surface area contributed by atoms with Gasteiger partial charge in [0.1, 0.15) is 0 Å². The van der Waals surface area contributed by atoms with E-state index in [0.29, 0.717) is 16.9 Å². The Morgan fingerprint density at radius 2 is 1.78 bits per heavy atom. The molecule has 0 heterocycles. The average Bonchev–Trinajstić information content (AvgIpc) is 2.73. The summed E-state index contributed by atoms with van der Waals surface area (Å²) in [4.78, 5) is 0. The normalized spacial score (nSPS) is 36.3. The van der Waals surface area contributed by atoms with E-state index in [1.165, 1.54) is 32.1 Å². The Balaban J connectivity index is 2.06. The van der Waals surface area contributed by atoms with Crippen LogP contribution in [0.15, 0.2) is 0 Å². The maximum atomic E-state index is 5.92. The van der Waals surface area contributed by atoms with Gasteiger partial charge in [0.05, 0.1) is 0 Å². The molecule has 2 heteroatoms. The first kappa shape index (κ1) is 14.3. The zero-order chi connectivity index (χ0) is 13.6. The molecule has 2 aliphatic rings. The van der Waals surface area contributed by atoms with Gasteiger partial charge in [0.25, 0.3) is 0 Å². The van der Waals surface area contributed by atoms with Crippen molar-refractivity contribution < 1.29 is 0 Å². The van der Waals surface area contributed by atoms with Crippen molar-refractivity contribution in [2.45, 2.75) is 72.8 Å². The molecule has 0 bridgehead atoms. The molecule has 0 aromatic carbocycles. The molecule has 0 aromatic rings. The van der Waals surface area contributed by atoms with Gasteiger partial charge >= 0.3 is 0 Å². The minimum atomic E-state index is 0.434. The second-order valence-electron chi connectivity index (χ2n) is 7.81. The van der Waals surface area contributed by atoms with Gasteiger partial charge in [-0.05, 0) is 41.4 Å². The van der Waals surface area contributed by atoms with E-state index in [-0.39, 0.29) is 0 Å². The molecule has 2 nitrogen and oxygen atoms in total. The lowest BCUT2D eigenvalue weighted by Gasteiger charge is -2.35. The summed E-state index contributed by atoms with van der Waals surface area (Å²) in [6, 6.07) is 0.518. The molecule has 3 N–H and O–H groups in total. The van der Waals surface area contributed by atoms with Crippen molar-refractivity contribution in [1.29, 1.82) is 0 Å². The lowest BCUT2D eigenvalue weighted by molar-refractivity contribution is 0.181. The van der Waals surface area contributed by atoms with Crippen molar-refractivity contribution >= 4 is 0 Å². The molecule has 0 spiro atoms. The zero-order valence-electron chi connectivity index (χ0n) is 12.9. The highest BCUT2D eigenvalue weighted by atomic mass is 15.2. The molecule has 2 aliphatic carbocycles. The molecule has 3 atom stereocenters. The minimum absolute atomic E-state index is 0.434. The fourth-order valence-electron chi connectivity index (χ4n) is 4.68. The highest BCUT2D eigenvalue weighted by molar-refractivity contribution is 5.17. The van der Waals surface area contributed by atoms with Gasteiger partial charge in [0.15, 0.2) is 0 Å². The van der Waals surface area contributed by atoms with Crippen LogP contribution in [-0.4, -0.2) is 6.04 Å². The first-order valence-electron chi connectivity index (χ1n) is 7.82. The van der Waals surface area contributed by atoms with Crippen LogP contribution in [0, 0.1) is 28.6 Å². The first-order valence-corrected chi connectivity index (χ1v) is 7.82. The molecular formula is C16H32N2. The predicted molar refractivity (Wildman–Crippen MR) is 77.9 cm³/mol. The summed E-state index contributed by atoms with van der Waals surface area (Å²) < 4.78 is 0. The van der Waals surface area contributed by atoms with E-state index in [1.54, 1.807) is 0 Å². The zero-order valence-corrected chi connectivity index (χ0v) is 12.9. The summed E-state index contributed by atoms with van der Waals surface area (Å²) in [5, 5.41) is 0. The van der Waals surface area contributed by atoms with Crippen molar-refractivity contribution in [1.82, 2.24) is 5.43 Å². The van der Waals surface area contributed by atoms with E-state index >= 15 is 0 Å². The van der Waals surface area contributed by atoms with Crippen LogP contribution in [0.1, 0.15) is 66.7 Å². The van der Waals surface area contributed by atoms with E-state index in [0.717, 1.165) is 17.8 Å². The van der Waals surface area contributed by atoms with Crippen LogP contribution in [0.25, 0.3) is 0 Å². The maximum Gasteiger partial charge on any atom is 0.0277 e. The van der Waals surface area contributed by atoms with Gasteiger partial charge in [-0.1, -0.05) is 53.9 Å². The van der Waals surface area contributed by atoms with Gasteiger partial charge in [0.2, 0.25) is 0 Å². The van der Waals surface area contributed by atoms with Crippen molar-refractivity contribution in [3.05, 3.63) is 0 Å². The molecule has 0 aliphatic heterocycles. The second-order valence-corrected chi connectivity index (χ2v) is 7.81. The predicted octanol–water partition coefficient (Wildman–Crippen LogP) is 3.72. The topological polar surface area (TPSA) is 38.0 Å². The third-order valence-electron chi connectivity index (χ3n) is 6.59. The van der Waals surface area contributed by atoms with E-state index < -0.39 is 0 Å². The molecule has 106 valence electrons. The summed E-state index contributed by atoms with van der Waals surface area (Å²) in [6.45, 7) is 12.0. The Kier molecular flexibility index (Phi) is 3.81. The molecular weight excluding hydrogens is 220 g/mol. The summed E-state index contributed by atoms with van der Waals surface area (Å²) >= 11 is 0. The molecule has 0 radical (unpaired) electrons. The van der Waals surface area contributed by atoms with E-state index in [2.05, 4.69) is 40.0 Å². The molecule has 2 saturated carbocycles.